The van der Waals surface area contributed by atoms with Crippen LogP contribution < -0.4 is 5.73 Å². The van der Waals surface area contributed by atoms with Gasteiger partial charge in [0, 0.05) is 12.0 Å². The maximum Gasteiger partial charge on any atom is 0.239 e. The molecule has 2 N–H and O–H groups in total. The number of carbonyl (C=O) groups excluding carboxylic acids is 2. The van der Waals surface area contributed by atoms with Crippen LogP contribution in [0.2, 0.25) is 0 Å². The molecule has 0 spiro atoms. The quantitative estimate of drug-likeness (QED) is 0.888. The molecule has 0 bridgehead atoms. The van der Waals surface area contributed by atoms with Gasteiger partial charge in [-0.05, 0) is 31.7 Å². The second kappa shape index (κ2) is 5.65. The van der Waals surface area contributed by atoms with E-state index in [0.29, 0.717) is 6.54 Å². The molecule has 1 heterocycles. The van der Waals surface area contributed by atoms with Gasteiger partial charge in [-0.15, -0.1) is 0 Å². The molecular formula is C16H22N2O2. The lowest BCUT2D eigenvalue weighted by Gasteiger charge is -2.26. The summed E-state index contributed by atoms with van der Waals surface area (Å²) in [6.07, 6.45) is 2.47. The van der Waals surface area contributed by atoms with Crippen molar-refractivity contribution in [2.45, 2.75) is 39.2 Å². The molecule has 1 saturated heterocycles. The number of amides is 2. The fourth-order valence-electron chi connectivity index (χ4n) is 2.74. The molecule has 1 aliphatic rings. The lowest BCUT2D eigenvalue weighted by Crippen LogP contribution is -2.45. The minimum Gasteiger partial charge on any atom is -0.368 e. The Bertz CT molecular complexity index is 500. The van der Waals surface area contributed by atoms with Gasteiger partial charge in [-0.2, -0.15) is 0 Å². The number of benzene rings is 1. The van der Waals surface area contributed by atoms with E-state index in [1.165, 1.54) is 5.56 Å². The lowest BCUT2D eigenvalue weighted by molar-refractivity contribution is -0.141. The summed E-state index contributed by atoms with van der Waals surface area (Å²) in [5.41, 5.74) is 6.16. The van der Waals surface area contributed by atoms with Gasteiger partial charge in [-0.3, -0.25) is 9.59 Å². The predicted octanol–water partition coefficient (Wildman–Crippen LogP) is 1.73. The van der Waals surface area contributed by atoms with Crippen molar-refractivity contribution in [3.63, 3.8) is 0 Å². The molecule has 2 atom stereocenters. The highest BCUT2D eigenvalue weighted by Gasteiger charge is 2.44. The van der Waals surface area contributed by atoms with E-state index in [2.05, 4.69) is 12.1 Å². The maximum atomic E-state index is 12.5. The standard InChI is InChI=1S/C16H22N2O2/c1-12(14(17)19)18-11-10-16(2,15(18)20)9-8-13-6-4-3-5-7-13/h3-7,12H,8-11H2,1-2H3,(H2,17,19). The van der Waals surface area contributed by atoms with Crippen molar-refractivity contribution in [3.05, 3.63) is 35.9 Å². The van der Waals surface area contributed by atoms with Crippen LogP contribution in [0.15, 0.2) is 30.3 Å². The Labute approximate surface area is 119 Å². The number of carbonyl (C=O) groups is 2. The van der Waals surface area contributed by atoms with Crippen molar-refractivity contribution in [1.29, 1.82) is 0 Å². The zero-order valence-corrected chi connectivity index (χ0v) is 12.1. The molecule has 2 rings (SSSR count). The molecule has 2 unspecified atom stereocenters. The van der Waals surface area contributed by atoms with Crippen molar-refractivity contribution in [2.75, 3.05) is 6.54 Å². The van der Waals surface area contributed by atoms with Crippen LogP contribution >= 0.6 is 0 Å². The average molecular weight is 274 g/mol. The average Bonchev–Trinajstić information content (AvgIpc) is 2.74. The van der Waals surface area contributed by atoms with E-state index in [0.717, 1.165) is 19.3 Å². The number of primary amides is 1. The van der Waals surface area contributed by atoms with Crippen LogP contribution in [-0.2, 0) is 16.0 Å². The third-order valence-electron chi connectivity index (χ3n) is 4.37. The summed E-state index contributed by atoms with van der Waals surface area (Å²) >= 11 is 0. The van der Waals surface area contributed by atoms with E-state index in [1.54, 1.807) is 11.8 Å². The molecule has 4 nitrogen and oxygen atoms in total. The number of likely N-dealkylation sites (tertiary alicyclic amines) is 1. The lowest BCUT2D eigenvalue weighted by atomic mass is 9.82. The van der Waals surface area contributed by atoms with Crippen LogP contribution in [0.5, 0.6) is 0 Å². The number of nitrogens with zero attached hydrogens (tertiary/aromatic N) is 1. The second-order valence-corrected chi connectivity index (χ2v) is 5.87. The molecule has 1 fully saturated rings. The highest BCUT2D eigenvalue weighted by Crippen LogP contribution is 2.36. The van der Waals surface area contributed by atoms with Gasteiger partial charge in [0.15, 0.2) is 0 Å². The van der Waals surface area contributed by atoms with Gasteiger partial charge in [0.25, 0.3) is 0 Å². The number of nitrogens with two attached hydrogens (primary N) is 1. The van der Waals surface area contributed by atoms with Crippen LogP contribution in [0.25, 0.3) is 0 Å². The smallest absolute Gasteiger partial charge is 0.239 e. The monoisotopic (exact) mass is 274 g/mol. The third-order valence-corrected chi connectivity index (χ3v) is 4.37. The fourth-order valence-corrected chi connectivity index (χ4v) is 2.74. The first-order valence-corrected chi connectivity index (χ1v) is 7.08. The van der Waals surface area contributed by atoms with Gasteiger partial charge < -0.3 is 10.6 Å². The molecule has 0 aliphatic carbocycles. The summed E-state index contributed by atoms with van der Waals surface area (Å²) in [6, 6.07) is 9.65. The van der Waals surface area contributed by atoms with Crippen molar-refractivity contribution >= 4 is 11.8 Å². The van der Waals surface area contributed by atoms with Crippen LogP contribution in [-0.4, -0.2) is 29.3 Å². The summed E-state index contributed by atoms with van der Waals surface area (Å²) in [5.74, 6) is -0.384. The predicted molar refractivity (Wildman–Crippen MR) is 77.9 cm³/mol. The van der Waals surface area contributed by atoms with Crippen LogP contribution in [0.3, 0.4) is 0 Å². The summed E-state index contributed by atoms with van der Waals surface area (Å²) in [5, 5.41) is 0. The number of rotatable bonds is 5. The van der Waals surface area contributed by atoms with Gasteiger partial charge >= 0.3 is 0 Å². The van der Waals surface area contributed by atoms with Gasteiger partial charge in [-0.25, -0.2) is 0 Å². The van der Waals surface area contributed by atoms with E-state index in [9.17, 15) is 9.59 Å². The molecule has 1 aromatic rings. The van der Waals surface area contributed by atoms with E-state index < -0.39 is 11.9 Å². The topological polar surface area (TPSA) is 63.4 Å². The van der Waals surface area contributed by atoms with Crippen LogP contribution in [0.1, 0.15) is 32.3 Å². The number of hydrogen-bond acceptors (Lipinski definition) is 2. The zero-order chi connectivity index (χ0) is 14.8. The Kier molecular flexibility index (Phi) is 4.12. The number of aryl methyl sites for hydroxylation is 1. The summed E-state index contributed by atoms with van der Waals surface area (Å²) in [7, 11) is 0. The summed E-state index contributed by atoms with van der Waals surface area (Å²) in [4.78, 5) is 25.4. The molecule has 20 heavy (non-hydrogen) atoms. The first kappa shape index (κ1) is 14.6. The Balaban J connectivity index is 2.01. The molecule has 108 valence electrons. The van der Waals surface area contributed by atoms with E-state index in [-0.39, 0.29) is 11.3 Å². The van der Waals surface area contributed by atoms with Crippen LogP contribution in [0.4, 0.5) is 0 Å². The van der Waals surface area contributed by atoms with Crippen molar-refractivity contribution in [1.82, 2.24) is 4.90 Å². The third kappa shape index (κ3) is 2.84. The molecule has 0 radical (unpaired) electrons. The zero-order valence-electron chi connectivity index (χ0n) is 12.1. The molecule has 2 amide bonds. The van der Waals surface area contributed by atoms with E-state index in [1.807, 2.05) is 25.1 Å². The summed E-state index contributed by atoms with van der Waals surface area (Å²) < 4.78 is 0. The van der Waals surface area contributed by atoms with Crippen molar-refractivity contribution in [3.8, 4) is 0 Å². The highest BCUT2D eigenvalue weighted by atomic mass is 16.2. The van der Waals surface area contributed by atoms with Gasteiger partial charge in [0.1, 0.15) is 6.04 Å². The van der Waals surface area contributed by atoms with E-state index >= 15 is 0 Å². The molecule has 0 aromatic heterocycles. The molecule has 4 heteroatoms. The molecular weight excluding hydrogens is 252 g/mol. The first-order valence-electron chi connectivity index (χ1n) is 7.08. The Hall–Kier alpha value is -1.84. The van der Waals surface area contributed by atoms with Crippen LogP contribution in [0, 0.1) is 5.41 Å². The molecule has 1 aliphatic heterocycles. The normalized spacial score (nSPS) is 23.9. The Morgan fingerprint density at radius 2 is 2.05 bits per heavy atom. The van der Waals surface area contributed by atoms with Crippen molar-refractivity contribution < 1.29 is 9.59 Å². The minimum atomic E-state index is -0.513. The summed E-state index contributed by atoms with van der Waals surface area (Å²) in [6.45, 7) is 4.31. The first-order chi connectivity index (χ1) is 9.44. The van der Waals surface area contributed by atoms with Crippen molar-refractivity contribution in [2.24, 2.45) is 11.1 Å². The van der Waals surface area contributed by atoms with E-state index in [4.69, 9.17) is 5.73 Å². The fraction of sp³-hybridized carbons (Fsp3) is 0.500. The Morgan fingerprint density at radius 3 is 2.65 bits per heavy atom. The van der Waals surface area contributed by atoms with Gasteiger partial charge in [-0.1, -0.05) is 37.3 Å². The molecule has 1 aromatic carbocycles. The SMILES string of the molecule is CC(C(N)=O)N1CCC(C)(CCc2ccccc2)C1=O. The highest BCUT2D eigenvalue weighted by molar-refractivity contribution is 5.90. The number of hydrogen-bond donors (Lipinski definition) is 1. The largest absolute Gasteiger partial charge is 0.368 e. The van der Waals surface area contributed by atoms with Gasteiger partial charge in [0.05, 0.1) is 0 Å². The maximum absolute atomic E-state index is 12.5. The Morgan fingerprint density at radius 1 is 1.40 bits per heavy atom. The molecule has 0 saturated carbocycles. The minimum absolute atomic E-state index is 0.0553. The van der Waals surface area contributed by atoms with Gasteiger partial charge in [0.2, 0.25) is 11.8 Å². The second-order valence-electron chi connectivity index (χ2n) is 5.87.